The summed E-state index contributed by atoms with van der Waals surface area (Å²) < 4.78 is 4.18. The Balaban J connectivity index is 1.26. The molecule has 7 aromatic carbocycles. The van der Waals surface area contributed by atoms with E-state index in [2.05, 4.69) is 156 Å². The smallest absolute Gasteiger partial charge is 0.233 e. The van der Waals surface area contributed by atoms with E-state index >= 15 is 0 Å². The molecule has 2 heterocycles. The average molecular weight is 644 g/mol. The minimum absolute atomic E-state index is 0.353. The molecule has 0 aliphatic carbocycles. The van der Waals surface area contributed by atoms with Crippen molar-refractivity contribution in [2.45, 2.75) is 6.54 Å². The Kier molecular flexibility index (Phi) is 7.29. The lowest BCUT2D eigenvalue weighted by Crippen LogP contribution is -2.25. The van der Waals surface area contributed by atoms with Crippen molar-refractivity contribution >= 4 is 55.5 Å². The third kappa shape index (κ3) is 5.13. The standard InChI is InChI=1S/C45H33N5/c46-44(49-40-23-11-7-19-36(40)37-20-8-12-24-41(37)49)48-45(50-42-25-13-9-21-38(42)39-22-10-14-26-43(39)50)47-30-31-27-34(32-15-3-1-4-16-32)29-35(28-31)33-17-5-2-6-18-33/h1-29H,30H2,(H2,46,47,48). The normalized spacial score (nSPS) is 12.4. The van der Waals surface area contributed by atoms with Crippen molar-refractivity contribution in [1.29, 1.82) is 0 Å². The Morgan fingerprint density at radius 3 is 1.24 bits per heavy atom. The van der Waals surface area contributed by atoms with Gasteiger partial charge in [0.05, 0.1) is 28.6 Å². The lowest BCUT2D eigenvalue weighted by Gasteiger charge is -2.13. The predicted octanol–water partition coefficient (Wildman–Crippen LogP) is 10.5. The average Bonchev–Trinajstić information content (AvgIpc) is 3.70. The molecule has 2 N–H and O–H groups in total. The van der Waals surface area contributed by atoms with Crippen LogP contribution in [0.2, 0.25) is 0 Å². The second kappa shape index (κ2) is 12.4. The van der Waals surface area contributed by atoms with Crippen LogP contribution in [0.3, 0.4) is 0 Å². The van der Waals surface area contributed by atoms with E-state index < -0.39 is 0 Å². The first-order valence-electron chi connectivity index (χ1n) is 16.8. The SMILES string of the molecule is N/C(=N\C(=NCc1cc(-c2ccccc2)cc(-c2ccccc2)c1)n1c2ccccc2c2ccccc21)n1c2ccccc2c2ccccc21. The number of benzene rings is 7. The molecule has 9 rings (SSSR count). The van der Waals surface area contributed by atoms with Gasteiger partial charge in [0.2, 0.25) is 11.9 Å². The molecule has 0 bridgehead atoms. The van der Waals surface area contributed by atoms with Crippen LogP contribution in [0.5, 0.6) is 0 Å². The summed E-state index contributed by atoms with van der Waals surface area (Å²) in [5.74, 6) is 0.874. The third-order valence-electron chi connectivity index (χ3n) is 9.41. The van der Waals surface area contributed by atoms with Crippen LogP contribution < -0.4 is 5.73 Å². The summed E-state index contributed by atoms with van der Waals surface area (Å²) >= 11 is 0. The molecule has 0 fully saturated rings. The number of para-hydroxylation sites is 4. The quantitative estimate of drug-likeness (QED) is 0.151. The lowest BCUT2D eigenvalue weighted by atomic mass is 9.96. The van der Waals surface area contributed by atoms with Crippen molar-refractivity contribution in [3.05, 3.63) is 181 Å². The van der Waals surface area contributed by atoms with Crippen molar-refractivity contribution in [1.82, 2.24) is 9.13 Å². The molecular weight excluding hydrogens is 611 g/mol. The largest absolute Gasteiger partial charge is 0.369 e. The van der Waals surface area contributed by atoms with Crippen LogP contribution in [0.1, 0.15) is 5.56 Å². The molecule has 0 aliphatic heterocycles. The van der Waals surface area contributed by atoms with Crippen LogP contribution in [0.15, 0.2) is 186 Å². The molecule has 0 aliphatic rings. The Labute approximate surface area is 289 Å². The van der Waals surface area contributed by atoms with Gasteiger partial charge in [-0.25, -0.2) is 4.99 Å². The van der Waals surface area contributed by atoms with Gasteiger partial charge in [-0.2, -0.15) is 4.99 Å². The highest BCUT2D eigenvalue weighted by molar-refractivity contribution is 6.17. The fourth-order valence-corrected chi connectivity index (χ4v) is 7.16. The second-order valence-electron chi connectivity index (χ2n) is 12.5. The van der Waals surface area contributed by atoms with Gasteiger partial charge in [-0.15, -0.1) is 0 Å². The zero-order valence-corrected chi connectivity index (χ0v) is 27.3. The van der Waals surface area contributed by atoms with E-state index in [1.165, 1.54) is 0 Å². The Hall–Kier alpha value is -6.72. The number of nitrogens with two attached hydrogens (primary N) is 1. The van der Waals surface area contributed by atoms with E-state index in [4.69, 9.17) is 15.7 Å². The summed E-state index contributed by atoms with van der Waals surface area (Å²) in [6.07, 6.45) is 0. The van der Waals surface area contributed by atoms with Crippen LogP contribution >= 0.6 is 0 Å². The summed E-state index contributed by atoms with van der Waals surface area (Å²) in [5.41, 5.74) is 16.8. The highest BCUT2D eigenvalue weighted by Crippen LogP contribution is 2.32. The minimum atomic E-state index is 0.353. The van der Waals surface area contributed by atoms with E-state index in [9.17, 15) is 0 Å². The Bertz CT molecular complexity index is 2570. The summed E-state index contributed by atoms with van der Waals surface area (Å²) in [4.78, 5) is 10.5. The lowest BCUT2D eigenvalue weighted by molar-refractivity contribution is 1.03. The number of nitrogens with zero attached hydrogens (tertiary/aromatic N) is 4. The maximum absolute atomic E-state index is 7.05. The number of hydrogen-bond acceptors (Lipinski definition) is 1. The van der Waals surface area contributed by atoms with Crippen molar-refractivity contribution < 1.29 is 0 Å². The maximum Gasteiger partial charge on any atom is 0.233 e. The van der Waals surface area contributed by atoms with Gasteiger partial charge < -0.3 is 5.73 Å². The summed E-state index contributed by atoms with van der Waals surface area (Å²) in [6.45, 7) is 0.403. The number of aromatic nitrogens is 2. The monoisotopic (exact) mass is 643 g/mol. The van der Waals surface area contributed by atoms with Gasteiger partial charge >= 0.3 is 0 Å². The van der Waals surface area contributed by atoms with Gasteiger partial charge in [0.1, 0.15) is 0 Å². The van der Waals surface area contributed by atoms with Gasteiger partial charge in [-0.05, 0) is 70.3 Å². The van der Waals surface area contributed by atoms with E-state index in [0.717, 1.165) is 71.4 Å². The van der Waals surface area contributed by atoms with Gasteiger partial charge in [-0.1, -0.05) is 133 Å². The minimum Gasteiger partial charge on any atom is -0.369 e. The molecule has 5 heteroatoms. The molecule has 0 spiro atoms. The first-order chi connectivity index (χ1) is 24.7. The molecule has 0 saturated carbocycles. The van der Waals surface area contributed by atoms with Crippen LogP contribution in [0.25, 0.3) is 65.9 Å². The summed E-state index contributed by atoms with van der Waals surface area (Å²) in [5, 5.41) is 4.53. The molecule has 5 nitrogen and oxygen atoms in total. The van der Waals surface area contributed by atoms with Crippen LogP contribution in [-0.2, 0) is 6.54 Å². The molecule has 0 saturated heterocycles. The van der Waals surface area contributed by atoms with Gasteiger partial charge in [0.25, 0.3) is 0 Å². The fourth-order valence-electron chi connectivity index (χ4n) is 7.16. The van der Waals surface area contributed by atoms with E-state index in [0.29, 0.717) is 18.5 Å². The molecule has 2 aromatic heterocycles. The van der Waals surface area contributed by atoms with Gasteiger partial charge in [-0.3, -0.25) is 9.13 Å². The topological polar surface area (TPSA) is 60.6 Å². The molecule has 0 amide bonds. The van der Waals surface area contributed by atoms with Crippen molar-refractivity contribution in [2.24, 2.45) is 15.7 Å². The molecule has 0 radical (unpaired) electrons. The van der Waals surface area contributed by atoms with E-state index in [1.54, 1.807) is 0 Å². The Morgan fingerprint density at radius 2 is 0.800 bits per heavy atom. The highest BCUT2D eigenvalue weighted by Gasteiger charge is 2.17. The molecular formula is C45H33N5. The number of fused-ring (bicyclic) bond motifs is 6. The highest BCUT2D eigenvalue weighted by atomic mass is 15.3. The van der Waals surface area contributed by atoms with Crippen molar-refractivity contribution in [3.63, 3.8) is 0 Å². The first-order valence-corrected chi connectivity index (χ1v) is 16.8. The molecule has 9 aromatic rings. The molecule has 50 heavy (non-hydrogen) atoms. The van der Waals surface area contributed by atoms with Crippen LogP contribution in [0.4, 0.5) is 0 Å². The molecule has 238 valence electrons. The molecule has 0 unspecified atom stereocenters. The number of rotatable bonds is 4. The van der Waals surface area contributed by atoms with Crippen LogP contribution in [-0.4, -0.2) is 21.1 Å². The van der Waals surface area contributed by atoms with Crippen LogP contribution in [0, 0.1) is 0 Å². The zero-order valence-electron chi connectivity index (χ0n) is 27.3. The van der Waals surface area contributed by atoms with Gasteiger partial charge in [0, 0.05) is 21.5 Å². The third-order valence-corrected chi connectivity index (χ3v) is 9.41. The maximum atomic E-state index is 7.05. The predicted molar refractivity (Wildman–Crippen MR) is 210 cm³/mol. The molecule has 0 atom stereocenters. The summed E-state index contributed by atoms with van der Waals surface area (Å²) in [7, 11) is 0. The summed E-state index contributed by atoms with van der Waals surface area (Å²) in [6, 6.07) is 61.2. The van der Waals surface area contributed by atoms with E-state index in [1.807, 2.05) is 28.8 Å². The van der Waals surface area contributed by atoms with Crippen molar-refractivity contribution in [2.75, 3.05) is 0 Å². The van der Waals surface area contributed by atoms with Gasteiger partial charge in [0.15, 0.2) is 0 Å². The van der Waals surface area contributed by atoms with Crippen molar-refractivity contribution in [3.8, 4) is 22.3 Å². The second-order valence-corrected chi connectivity index (χ2v) is 12.5. The first kappa shape index (κ1) is 29.4. The fraction of sp³-hybridized carbons (Fsp3) is 0.0222. The Morgan fingerprint density at radius 1 is 0.420 bits per heavy atom. The van der Waals surface area contributed by atoms with E-state index in [-0.39, 0.29) is 0 Å². The number of aliphatic imine (C=N–C) groups is 2. The number of hydrogen-bond donors (Lipinski definition) is 1. The zero-order chi connectivity index (χ0) is 33.4.